The van der Waals surface area contributed by atoms with Crippen molar-refractivity contribution < 1.29 is 9.90 Å². The molecule has 32 heavy (non-hydrogen) atoms. The molecule has 0 aliphatic heterocycles. The Kier molecular flexibility index (Phi) is 7.33. The number of anilines is 3. The van der Waals surface area contributed by atoms with Gasteiger partial charge in [0.2, 0.25) is 5.13 Å². The Balaban J connectivity index is 1.68. The highest BCUT2D eigenvalue weighted by atomic mass is 32.1. The molecular weight excluding hydrogens is 420 g/mol. The number of aliphatic carboxylic acids is 1. The minimum absolute atomic E-state index is 0.0493. The van der Waals surface area contributed by atoms with Gasteiger partial charge >= 0.3 is 5.97 Å². The van der Waals surface area contributed by atoms with E-state index >= 15 is 0 Å². The molecule has 1 atom stereocenters. The molecule has 2 fully saturated rings. The first-order chi connectivity index (χ1) is 15.4. The summed E-state index contributed by atoms with van der Waals surface area (Å²) in [5.41, 5.74) is 3.25. The summed E-state index contributed by atoms with van der Waals surface area (Å²) in [7, 11) is 0. The van der Waals surface area contributed by atoms with Gasteiger partial charge in [-0.25, -0.2) is 0 Å². The van der Waals surface area contributed by atoms with Crippen molar-refractivity contribution >= 4 is 33.8 Å². The average Bonchev–Trinajstić information content (AvgIpc) is 3.51. The summed E-state index contributed by atoms with van der Waals surface area (Å²) in [6, 6.07) is 6.98. The number of nitrogens with one attached hydrogen (secondary N) is 1. The van der Waals surface area contributed by atoms with Crippen LogP contribution in [0.3, 0.4) is 0 Å². The molecule has 2 aromatic rings. The van der Waals surface area contributed by atoms with Crippen molar-refractivity contribution in [2.75, 3.05) is 16.8 Å². The Bertz CT molecular complexity index is 918. The number of aromatic nitrogens is 2. The van der Waals surface area contributed by atoms with Gasteiger partial charge in [-0.3, -0.25) is 4.79 Å². The Hall–Kier alpha value is -2.15. The van der Waals surface area contributed by atoms with E-state index in [4.69, 9.17) is 0 Å². The fourth-order valence-electron chi connectivity index (χ4n) is 4.72. The van der Waals surface area contributed by atoms with Crippen molar-refractivity contribution in [3.63, 3.8) is 0 Å². The van der Waals surface area contributed by atoms with Crippen molar-refractivity contribution in [3.8, 4) is 0 Å². The number of rotatable bonds is 10. The molecule has 1 aromatic carbocycles. The second-order valence-corrected chi connectivity index (χ2v) is 11.0. The zero-order chi connectivity index (χ0) is 22.7. The van der Waals surface area contributed by atoms with E-state index in [2.05, 4.69) is 52.5 Å². The quantitative estimate of drug-likeness (QED) is 0.423. The van der Waals surface area contributed by atoms with E-state index in [1.165, 1.54) is 50.6 Å². The number of carbonyl (C=O) groups is 1. The molecule has 1 aromatic heterocycles. The number of nitrogens with zero attached hydrogens (tertiary/aromatic N) is 3. The van der Waals surface area contributed by atoms with Crippen LogP contribution in [0.15, 0.2) is 18.2 Å². The third kappa shape index (κ3) is 5.80. The molecule has 0 bridgehead atoms. The standard InChI is InChI=1S/C25H36N4O2S/c1-16(2)15-29(20-7-5-4-6-8-20)22-12-11-19(17(3)13-23(30)31)14-21(22)26-25-28-27-24(32-25)18-9-10-18/h11-12,14,16-18,20H,4-10,13,15H2,1-3H3,(H,26,28)(H,30,31). The van der Waals surface area contributed by atoms with Crippen LogP contribution in [-0.2, 0) is 4.79 Å². The van der Waals surface area contributed by atoms with E-state index in [-0.39, 0.29) is 12.3 Å². The molecular formula is C25H36N4O2S. The summed E-state index contributed by atoms with van der Waals surface area (Å²) in [4.78, 5) is 13.9. The molecule has 2 saturated carbocycles. The van der Waals surface area contributed by atoms with Gasteiger partial charge in [-0.15, -0.1) is 10.2 Å². The van der Waals surface area contributed by atoms with Gasteiger partial charge in [-0.1, -0.05) is 57.4 Å². The van der Waals surface area contributed by atoms with Crippen molar-refractivity contribution in [3.05, 3.63) is 28.8 Å². The molecule has 174 valence electrons. The molecule has 4 rings (SSSR count). The lowest BCUT2D eigenvalue weighted by Gasteiger charge is -2.38. The van der Waals surface area contributed by atoms with Crippen LogP contribution in [0.5, 0.6) is 0 Å². The second kappa shape index (κ2) is 10.2. The van der Waals surface area contributed by atoms with E-state index in [1.807, 2.05) is 6.92 Å². The molecule has 0 spiro atoms. The predicted molar refractivity (Wildman–Crippen MR) is 131 cm³/mol. The third-order valence-electron chi connectivity index (χ3n) is 6.57. The molecule has 7 heteroatoms. The van der Waals surface area contributed by atoms with Crippen molar-refractivity contribution in [2.45, 2.75) is 90.0 Å². The Labute approximate surface area is 195 Å². The lowest BCUT2D eigenvalue weighted by atomic mass is 9.92. The van der Waals surface area contributed by atoms with E-state index < -0.39 is 5.97 Å². The van der Waals surface area contributed by atoms with Crippen LogP contribution in [0.25, 0.3) is 0 Å². The normalized spacial score (nSPS) is 18.0. The monoisotopic (exact) mass is 456 g/mol. The summed E-state index contributed by atoms with van der Waals surface area (Å²) in [6.07, 6.45) is 8.92. The van der Waals surface area contributed by atoms with Crippen LogP contribution in [-0.4, -0.2) is 33.9 Å². The number of carboxylic acids is 1. The molecule has 2 aliphatic carbocycles. The average molecular weight is 457 g/mol. The van der Waals surface area contributed by atoms with E-state index in [1.54, 1.807) is 11.3 Å². The Morgan fingerprint density at radius 1 is 1.16 bits per heavy atom. The van der Waals surface area contributed by atoms with Gasteiger partial charge in [0.1, 0.15) is 5.01 Å². The number of benzene rings is 1. The number of carboxylic acid groups (broad SMARTS) is 1. The van der Waals surface area contributed by atoms with E-state index in [0.717, 1.165) is 27.9 Å². The molecule has 2 N–H and O–H groups in total. The van der Waals surface area contributed by atoms with Crippen molar-refractivity contribution in [2.24, 2.45) is 5.92 Å². The first-order valence-corrected chi connectivity index (χ1v) is 12.9. The van der Waals surface area contributed by atoms with Crippen LogP contribution in [0.4, 0.5) is 16.5 Å². The lowest BCUT2D eigenvalue weighted by molar-refractivity contribution is -0.137. The maximum Gasteiger partial charge on any atom is 0.303 e. The van der Waals surface area contributed by atoms with Gasteiger partial charge in [0.25, 0.3) is 0 Å². The molecule has 0 amide bonds. The smallest absolute Gasteiger partial charge is 0.303 e. The van der Waals surface area contributed by atoms with Gasteiger partial charge in [0.05, 0.1) is 17.8 Å². The second-order valence-electron chi connectivity index (χ2n) is 9.96. The van der Waals surface area contributed by atoms with Gasteiger partial charge in [-0.05, 0) is 55.2 Å². The fraction of sp³-hybridized carbons (Fsp3) is 0.640. The highest BCUT2D eigenvalue weighted by Gasteiger charge is 2.28. The first-order valence-electron chi connectivity index (χ1n) is 12.1. The van der Waals surface area contributed by atoms with Crippen LogP contribution >= 0.6 is 11.3 Å². The number of hydrogen-bond donors (Lipinski definition) is 2. The number of hydrogen-bond acceptors (Lipinski definition) is 6. The zero-order valence-corrected chi connectivity index (χ0v) is 20.3. The van der Waals surface area contributed by atoms with E-state index in [9.17, 15) is 9.90 Å². The molecule has 1 unspecified atom stereocenters. The summed E-state index contributed by atoms with van der Waals surface area (Å²) < 4.78 is 0. The topological polar surface area (TPSA) is 78.4 Å². The third-order valence-corrected chi connectivity index (χ3v) is 7.57. The summed E-state index contributed by atoms with van der Waals surface area (Å²) in [5, 5.41) is 23.6. The van der Waals surface area contributed by atoms with Gasteiger partial charge in [0.15, 0.2) is 0 Å². The van der Waals surface area contributed by atoms with Crippen molar-refractivity contribution in [1.29, 1.82) is 0 Å². The Morgan fingerprint density at radius 3 is 2.56 bits per heavy atom. The van der Waals surface area contributed by atoms with Crippen LogP contribution in [0.2, 0.25) is 0 Å². The minimum atomic E-state index is -0.766. The molecule has 6 nitrogen and oxygen atoms in total. The lowest BCUT2D eigenvalue weighted by Crippen LogP contribution is -2.39. The largest absolute Gasteiger partial charge is 0.481 e. The molecule has 2 aliphatic rings. The summed E-state index contributed by atoms with van der Waals surface area (Å²) >= 11 is 1.65. The van der Waals surface area contributed by atoms with Gasteiger partial charge in [0, 0.05) is 18.5 Å². The Morgan fingerprint density at radius 2 is 1.91 bits per heavy atom. The first kappa shape index (κ1) is 23.0. The maximum atomic E-state index is 11.3. The minimum Gasteiger partial charge on any atom is -0.481 e. The van der Waals surface area contributed by atoms with Crippen molar-refractivity contribution in [1.82, 2.24) is 10.2 Å². The molecule has 1 heterocycles. The molecule has 0 saturated heterocycles. The fourth-order valence-corrected chi connectivity index (χ4v) is 5.64. The van der Waals surface area contributed by atoms with Gasteiger partial charge in [-0.2, -0.15) is 0 Å². The SMILES string of the molecule is CC(C)CN(c1ccc(C(C)CC(=O)O)cc1Nc1nnc(C2CC2)s1)C1CCCCC1. The zero-order valence-electron chi connectivity index (χ0n) is 19.5. The summed E-state index contributed by atoms with van der Waals surface area (Å²) in [5.74, 6) is 0.326. The van der Waals surface area contributed by atoms with Crippen LogP contribution in [0.1, 0.15) is 94.5 Å². The predicted octanol–water partition coefficient (Wildman–Crippen LogP) is 6.53. The van der Waals surface area contributed by atoms with Gasteiger partial charge < -0.3 is 15.3 Å². The summed E-state index contributed by atoms with van der Waals surface area (Å²) in [6.45, 7) is 7.54. The van der Waals surface area contributed by atoms with Crippen LogP contribution in [0, 0.1) is 5.92 Å². The highest BCUT2D eigenvalue weighted by Crippen LogP contribution is 2.43. The highest BCUT2D eigenvalue weighted by molar-refractivity contribution is 7.15. The maximum absolute atomic E-state index is 11.3. The van der Waals surface area contributed by atoms with E-state index in [0.29, 0.717) is 17.9 Å². The van der Waals surface area contributed by atoms with Crippen LogP contribution < -0.4 is 10.2 Å². The molecule has 0 radical (unpaired) electrons.